The predicted molar refractivity (Wildman–Crippen MR) is 85.7 cm³/mol. The van der Waals surface area contributed by atoms with Gasteiger partial charge in [-0.25, -0.2) is 0 Å². The van der Waals surface area contributed by atoms with Crippen LogP contribution in [0.25, 0.3) is 0 Å². The number of carbonyl (C=O) groups excluding carboxylic acids is 1. The fourth-order valence-electron chi connectivity index (χ4n) is 2.58. The molecular formula is C17H15ClN2O2. The van der Waals surface area contributed by atoms with Crippen LogP contribution in [0.5, 0.6) is 0 Å². The summed E-state index contributed by atoms with van der Waals surface area (Å²) in [6.07, 6.45) is 0.271. The molecule has 0 saturated heterocycles. The molecule has 0 bridgehead atoms. The van der Waals surface area contributed by atoms with Gasteiger partial charge in [0.2, 0.25) is 0 Å². The van der Waals surface area contributed by atoms with Crippen molar-refractivity contribution in [1.29, 1.82) is 0 Å². The maximum Gasteiger partial charge on any atom is 0.276 e. The molecule has 0 fully saturated rings. The zero-order valence-electron chi connectivity index (χ0n) is 12.0. The van der Waals surface area contributed by atoms with E-state index in [1.165, 1.54) is 0 Å². The number of hydrazone groups is 1. The number of benzene rings is 2. The summed E-state index contributed by atoms with van der Waals surface area (Å²) in [5.74, 6) is -0.338. The third kappa shape index (κ3) is 2.51. The number of carbonyl (C=O) groups is 1. The molecule has 1 N–H and O–H groups in total. The minimum absolute atomic E-state index is 0.271. The maximum absolute atomic E-state index is 12.7. The van der Waals surface area contributed by atoms with Crippen molar-refractivity contribution in [2.24, 2.45) is 5.10 Å². The van der Waals surface area contributed by atoms with E-state index in [1.54, 1.807) is 55.5 Å². The molecule has 1 aliphatic rings. The van der Waals surface area contributed by atoms with Crippen LogP contribution in [-0.4, -0.2) is 21.7 Å². The fraction of sp³-hybridized carbons (Fsp3) is 0.176. The van der Waals surface area contributed by atoms with E-state index in [0.717, 1.165) is 5.01 Å². The van der Waals surface area contributed by atoms with Crippen LogP contribution in [0.3, 0.4) is 0 Å². The lowest BCUT2D eigenvalue weighted by molar-refractivity contribution is -0.0765. The molecule has 1 amide bonds. The van der Waals surface area contributed by atoms with Crippen LogP contribution in [0.1, 0.15) is 29.3 Å². The average molecular weight is 315 g/mol. The van der Waals surface area contributed by atoms with Crippen molar-refractivity contribution in [1.82, 2.24) is 5.01 Å². The summed E-state index contributed by atoms with van der Waals surface area (Å²) in [7, 11) is 0. The first-order chi connectivity index (χ1) is 10.5. The van der Waals surface area contributed by atoms with Gasteiger partial charge in [-0.1, -0.05) is 41.9 Å². The number of hydrogen-bond acceptors (Lipinski definition) is 3. The molecule has 112 valence electrons. The minimum Gasteiger partial charge on any atom is -0.365 e. The Morgan fingerprint density at radius 1 is 1.18 bits per heavy atom. The van der Waals surface area contributed by atoms with Gasteiger partial charge in [0.1, 0.15) is 0 Å². The minimum atomic E-state index is -1.48. The lowest BCUT2D eigenvalue weighted by Crippen LogP contribution is -2.43. The molecule has 1 aliphatic heterocycles. The van der Waals surface area contributed by atoms with Gasteiger partial charge >= 0.3 is 0 Å². The van der Waals surface area contributed by atoms with E-state index in [9.17, 15) is 9.90 Å². The van der Waals surface area contributed by atoms with E-state index in [2.05, 4.69) is 5.10 Å². The van der Waals surface area contributed by atoms with Gasteiger partial charge in [0, 0.05) is 28.3 Å². The SMILES string of the molecule is CC1=NN(C(=O)c2ccccc2)[C@@](O)(c2ccc(Cl)cc2)C1. The number of rotatable bonds is 2. The van der Waals surface area contributed by atoms with E-state index in [1.807, 2.05) is 6.07 Å². The first-order valence-electron chi connectivity index (χ1n) is 6.93. The topological polar surface area (TPSA) is 52.9 Å². The highest BCUT2D eigenvalue weighted by atomic mass is 35.5. The van der Waals surface area contributed by atoms with Crippen molar-refractivity contribution in [3.05, 3.63) is 70.7 Å². The van der Waals surface area contributed by atoms with Crippen molar-refractivity contribution in [2.45, 2.75) is 19.1 Å². The summed E-state index contributed by atoms with van der Waals surface area (Å²) in [6, 6.07) is 15.6. The Labute approximate surface area is 133 Å². The third-order valence-electron chi connectivity index (χ3n) is 3.64. The molecule has 1 atom stereocenters. The van der Waals surface area contributed by atoms with Crippen LogP contribution in [0.4, 0.5) is 0 Å². The molecule has 0 spiro atoms. The van der Waals surface area contributed by atoms with Crippen LogP contribution >= 0.6 is 11.6 Å². The van der Waals surface area contributed by atoms with E-state index in [4.69, 9.17) is 11.6 Å². The van der Waals surface area contributed by atoms with Crippen LogP contribution in [0, 0.1) is 0 Å². The normalized spacial score (nSPS) is 20.9. The molecule has 0 radical (unpaired) electrons. The quantitative estimate of drug-likeness (QED) is 0.923. The van der Waals surface area contributed by atoms with Crippen LogP contribution in [0.15, 0.2) is 59.7 Å². The van der Waals surface area contributed by atoms with Gasteiger partial charge in [-0.15, -0.1) is 0 Å². The highest BCUT2D eigenvalue weighted by Gasteiger charge is 2.45. The van der Waals surface area contributed by atoms with E-state index < -0.39 is 5.72 Å². The van der Waals surface area contributed by atoms with Crippen molar-refractivity contribution in [3.8, 4) is 0 Å². The second-order valence-corrected chi connectivity index (χ2v) is 5.75. The molecule has 0 saturated carbocycles. The zero-order chi connectivity index (χ0) is 15.7. The monoisotopic (exact) mass is 314 g/mol. The highest BCUT2D eigenvalue weighted by Crippen LogP contribution is 2.36. The average Bonchev–Trinajstić information content (AvgIpc) is 2.84. The van der Waals surface area contributed by atoms with Crippen LogP contribution in [-0.2, 0) is 5.72 Å². The summed E-state index contributed by atoms with van der Waals surface area (Å²) in [5, 5.41) is 17.0. The number of halogens is 1. The van der Waals surface area contributed by atoms with Gasteiger partial charge in [-0.05, 0) is 31.2 Å². The number of hydrogen-bond donors (Lipinski definition) is 1. The Bertz CT molecular complexity index is 728. The van der Waals surface area contributed by atoms with Gasteiger partial charge in [0.15, 0.2) is 5.72 Å². The van der Waals surface area contributed by atoms with E-state index in [-0.39, 0.29) is 12.3 Å². The van der Waals surface area contributed by atoms with Gasteiger partial charge in [0.05, 0.1) is 0 Å². The standard InChI is InChI=1S/C17H15ClN2O2/c1-12-11-17(22,14-7-9-15(18)10-8-14)20(19-12)16(21)13-5-3-2-4-6-13/h2-10,22H,11H2,1H3/t17-/m0/s1. The molecule has 2 aromatic carbocycles. The van der Waals surface area contributed by atoms with Crippen molar-refractivity contribution in [3.63, 3.8) is 0 Å². The molecule has 5 heteroatoms. The van der Waals surface area contributed by atoms with Gasteiger partial charge in [0.25, 0.3) is 5.91 Å². The van der Waals surface area contributed by atoms with E-state index in [0.29, 0.717) is 21.9 Å². The van der Waals surface area contributed by atoms with Crippen molar-refractivity contribution >= 4 is 23.2 Å². The zero-order valence-corrected chi connectivity index (χ0v) is 12.8. The predicted octanol–water partition coefficient (Wildman–Crippen LogP) is 3.41. The second-order valence-electron chi connectivity index (χ2n) is 5.32. The first kappa shape index (κ1) is 14.8. The Kier molecular flexibility index (Phi) is 3.72. The lowest BCUT2D eigenvalue weighted by Gasteiger charge is -2.31. The number of nitrogens with zero attached hydrogens (tertiary/aromatic N) is 2. The first-order valence-corrected chi connectivity index (χ1v) is 7.30. The number of amides is 1. The fourth-order valence-corrected chi connectivity index (χ4v) is 2.70. The molecular weight excluding hydrogens is 300 g/mol. The van der Waals surface area contributed by atoms with Gasteiger partial charge < -0.3 is 5.11 Å². The maximum atomic E-state index is 12.7. The summed E-state index contributed by atoms with van der Waals surface area (Å²) in [6.45, 7) is 1.79. The molecule has 0 aliphatic carbocycles. The van der Waals surface area contributed by atoms with Gasteiger partial charge in [-0.2, -0.15) is 10.1 Å². The van der Waals surface area contributed by atoms with Crippen molar-refractivity contribution in [2.75, 3.05) is 0 Å². The Balaban J connectivity index is 2.01. The lowest BCUT2D eigenvalue weighted by atomic mass is 9.97. The second kappa shape index (κ2) is 5.55. The van der Waals surface area contributed by atoms with Crippen LogP contribution < -0.4 is 0 Å². The largest absolute Gasteiger partial charge is 0.365 e. The summed E-state index contributed by atoms with van der Waals surface area (Å²) < 4.78 is 0. The molecule has 22 heavy (non-hydrogen) atoms. The van der Waals surface area contributed by atoms with Crippen molar-refractivity contribution < 1.29 is 9.90 Å². The van der Waals surface area contributed by atoms with Crippen LogP contribution in [0.2, 0.25) is 5.02 Å². The third-order valence-corrected chi connectivity index (χ3v) is 3.90. The Morgan fingerprint density at radius 2 is 1.82 bits per heavy atom. The van der Waals surface area contributed by atoms with Gasteiger partial charge in [-0.3, -0.25) is 4.79 Å². The Hall–Kier alpha value is -2.17. The van der Waals surface area contributed by atoms with E-state index >= 15 is 0 Å². The molecule has 4 nitrogen and oxygen atoms in total. The molecule has 2 aromatic rings. The smallest absolute Gasteiger partial charge is 0.276 e. The highest BCUT2D eigenvalue weighted by molar-refractivity contribution is 6.30. The summed E-state index contributed by atoms with van der Waals surface area (Å²) in [5.41, 5.74) is 0.276. The molecule has 3 rings (SSSR count). The molecule has 1 heterocycles. The Morgan fingerprint density at radius 3 is 2.45 bits per heavy atom. The summed E-state index contributed by atoms with van der Waals surface area (Å²) in [4.78, 5) is 12.7. The number of aliphatic hydroxyl groups is 1. The molecule has 0 unspecified atom stereocenters. The summed E-state index contributed by atoms with van der Waals surface area (Å²) >= 11 is 5.90. The molecule has 0 aromatic heterocycles.